The van der Waals surface area contributed by atoms with Crippen LogP contribution in [0.15, 0.2) is 41.3 Å². The molecule has 132 valence electrons. The van der Waals surface area contributed by atoms with Gasteiger partial charge in [-0.2, -0.15) is 13.2 Å². The molecule has 1 N–H and O–H groups in total. The predicted octanol–water partition coefficient (Wildman–Crippen LogP) is 3.64. The Bertz CT molecular complexity index is 776. The minimum Gasteiger partial charge on any atom is -0.444 e. The predicted molar refractivity (Wildman–Crippen MR) is 81.5 cm³/mol. The second-order valence-corrected chi connectivity index (χ2v) is 6.32. The molecule has 2 aromatic rings. The number of oxazole rings is 1. The third kappa shape index (κ3) is 2.90. The van der Waals surface area contributed by atoms with Crippen LogP contribution in [0.5, 0.6) is 0 Å². The molecule has 8 heteroatoms. The molecule has 2 bridgehead atoms. The molecule has 4 rings (SSSR count). The number of carbonyl (C=O) groups is 1. The molecule has 3 heterocycles. The lowest BCUT2D eigenvalue weighted by Crippen LogP contribution is -2.44. The standard InChI is InChI=1S/C17H15F3N2O3/c18-17(19,20)15-12-5-4-11(25-12)14(15)16(23)22-10-3-1-2-9(6-10)13-7-21-8-24-13/h1-3,6-8,11-12,14-15H,4-5H2,(H,22,23). The van der Waals surface area contributed by atoms with E-state index in [9.17, 15) is 18.0 Å². The molecule has 5 nitrogen and oxygen atoms in total. The summed E-state index contributed by atoms with van der Waals surface area (Å²) in [6, 6.07) is 6.70. The van der Waals surface area contributed by atoms with Gasteiger partial charge in [0.05, 0.1) is 30.2 Å². The highest BCUT2D eigenvalue weighted by Crippen LogP contribution is 2.50. The van der Waals surface area contributed by atoms with Gasteiger partial charge in [0.2, 0.25) is 5.91 Å². The van der Waals surface area contributed by atoms with E-state index < -0.39 is 36.1 Å². The second-order valence-electron chi connectivity index (χ2n) is 6.32. The Morgan fingerprint density at radius 3 is 2.76 bits per heavy atom. The summed E-state index contributed by atoms with van der Waals surface area (Å²) < 4.78 is 50.6. The van der Waals surface area contributed by atoms with E-state index in [1.165, 1.54) is 12.6 Å². The van der Waals surface area contributed by atoms with E-state index in [1.54, 1.807) is 24.3 Å². The minimum atomic E-state index is -4.45. The number of hydrogen-bond donors (Lipinski definition) is 1. The van der Waals surface area contributed by atoms with E-state index in [-0.39, 0.29) is 0 Å². The summed E-state index contributed by atoms with van der Waals surface area (Å²) in [5.41, 5.74) is 1.08. The number of fused-ring (bicyclic) bond motifs is 2. The molecule has 0 aliphatic carbocycles. The van der Waals surface area contributed by atoms with E-state index in [4.69, 9.17) is 9.15 Å². The molecule has 4 unspecified atom stereocenters. The zero-order chi connectivity index (χ0) is 17.6. The average molecular weight is 352 g/mol. The number of aromatic nitrogens is 1. The molecular formula is C17H15F3N2O3. The normalized spacial score (nSPS) is 28.3. The van der Waals surface area contributed by atoms with Gasteiger partial charge >= 0.3 is 6.18 Å². The molecule has 1 aromatic carbocycles. The summed E-state index contributed by atoms with van der Waals surface area (Å²) >= 11 is 0. The summed E-state index contributed by atoms with van der Waals surface area (Å²) in [7, 11) is 0. The zero-order valence-corrected chi connectivity index (χ0v) is 13.0. The van der Waals surface area contributed by atoms with Crippen LogP contribution in [0.4, 0.5) is 18.9 Å². The first-order valence-corrected chi connectivity index (χ1v) is 7.95. The number of nitrogens with one attached hydrogen (secondary N) is 1. The fourth-order valence-electron chi connectivity index (χ4n) is 3.76. The highest BCUT2D eigenvalue weighted by atomic mass is 19.4. The van der Waals surface area contributed by atoms with Gasteiger partial charge in [-0.05, 0) is 25.0 Å². The van der Waals surface area contributed by atoms with Crippen molar-refractivity contribution in [2.45, 2.75) is 31.2 Å². The molecule has 2 aliphatic heterocycles. The van der Waals surface area contributed by atoms with Crippen LogP contribution in [0.1, 0.15) is 12.8 Å². The minimum absolute atomic E-state index is 0.347. The molecule has 1 aromatic heterocycles. The number of anilines is 1. The summed E-state index contributed by atoms with van der Waals surface area (Å²) in [4.78, 5) is 16.4. The lowest BCUT2D eigenvalue weighted by molar-refractivity contribution is -0.196. The number of alkyl halides is 3. The largest absolute Gasteiger partial charge is 0.444 e. The van der Waals surface area contributed by atoms with Crippen LogP contribution >= 0.6 is 0 Å². The average Bonchev–Trinajstić information content (AvgIpc) is 3.30. The number of hydrogen-bond acceptors (Lipinski definition) is 4. The van der Waals surface area contributed by atoms with Crippen LogP contribution in [0.25, 0.3) is 11.3 Å². The molecule has 0 saturated carbocycles. The first-order valence-electron chi connectivity index (χ1n) is 7.95. The number of nitrogens with zero attached hydrogens (tertiary/aromatic N) is 1. The number of amides is 1. The van der Waals surface area contributed by atoms with Crippen molar-refractivity contribution in [2.24, 2.45) is 11.8 Å². The van der Waals surface area contributed by atoms with Crippen LogP contribution in [0.2, 0.25) is 0 Å². The molecular weight excluding hydrogens is 337 g/mol. The maximum absolute atomic E-state index is 13.3. The Balaban J connectivity index is 1.55. The Labute approximate surface area is 141 Å². The number of halogens is 3. The Hall–Kier alpha value is -2.35. The van der Waals surface area contributed by atoms with Crippen molar-refractivity contribution >= 4 is 11.6 Å². The molecule has 2 fully saturated rings. The third-order valence-corrected chi connectivity index (χ3v) is 4.80. The van der Waals surface area contributed by atoms with Crippen molar-refractivity contribution in [3.63, 3.8) is 0 Å². The van der Waals surface area contributed by atoms with Crippen molar-refractivity contribution < 1.29 is 27.1 Å². The van der Waals surface area contributed by atoms with E-state index in [0.29, 0.717) is 29.9 Å². The molecule has 1 amide bonds. The summed E-state index contributed by atoms with van der Waals surface area (Å²) in [6.07, 6.45) is -2.42. The van der Waals surface area contributed by atoms with E-state index in [0.717, 1.165) is 0 Å². The topological polar surface area (TPSA) is 64.4 Å². The lowest BCUT2D eigenvalue weighted by Gasteiger charge is -2.28. The molecule has 4 atom stereocenters. The highest BCUT2D eigenvalue weighted by Gasteiger charge is 2.62. The van der Waals surface area contributed by atoms with Gasteiger partial charge in [0.1, 0.15) is 0 Å². The van der Waals surface area contributed by atoms with Crippen LogP contribution < -0.4 is 5.32 Å². The van der Waals surface area contributed by atoms with E-state index in [2.05, 4.69) is 10.3 Å². The number of rotatable bonds is 3. The van der Waals surface area contributed by atoms with Gasteiger partial charge in [-0.3, -0.25) is 4.79 Å². The third-order valence-electron chi connectivity index (χ3n) is 4.80. The van der Waals surface area contributed by atoms with Crippen LogP contribution in [-0.2, 0) is 9.53 Å². The zero-order valence-electron chi connectivity index (χ0n) is 13.0. The molecule has 2 aliphatic rings. The van der Waals surface area contributed by atoms with Crippen molar-refractivity contribution in [3.8, 4) is 11.3 Å². The SMILES string of the molecule is O=C(Nc1cccc(-c2cnco2)c1)C1C2CCC(O2)C1C(F)(F)F. The monoisotopic (exact) mass is 352 g/mol. The number of benzene rings is 1. The van der Waals surface area contributed by atoms with Gasteiger partial charge in [-0.25, -0.2) is 4.98 Å². The van der Waals surface area contributed by atoms with Gasteiger partial charge in [-0.15, -0.1) is 0 Å². The second kappa shape index (κ2) is 5.87. The van der Waals surface area contributed by atoms with E-state index in [1.807, 2.05) is 0 Å². The molecule has 2 saturated heterocycles. The van der Waals surface area contributed by atoms with Gasteiger partial charge in [0.25, 0.3) is 0 Å². The highest BCUT2D eigenvalue weighted by molar-refractivity contribution is 5.94. The van der Waals surface area contributed by atoms with Crippen molar-refractivity contribution in [1.82, 2.24) is 4.98 Å². The van der Waals surface area contributed by atoms with Crippen LogP contribution in [0.3, 0.4) is 0 Å². The number of ether oxygens (including phenoxy) is 1. The van der Waals surface area contributed by atoms with Gasteiger partial charge in [0, 0.05) is 11.3 Å². The molecule has 0 radical (unpaired) electrons. The fourth-order valence-corrected chi connectivity index (χ4v) is 3.76. The number of carbonyl (C=O) groups excluding carboxylic acids is 1. The molecule has 25 heavy (non-hydrogen) atoms. The first-order chi connectivity index (χ1) is 11.9. The van der Waals surface area contributed by atoms with Crippen molar-refractivity contribution in [3.05, 3.63) is 36.9 Å². The smallest absolute Gasteiger partial charge is 0.395 e. The Kier molecular flexibility index (Phi) is 3.79. The molecule has 0 spiro atoms. The maximum Gasteiger partial charge on any atom is 0.395 e. The Morgan fingerprint density at radius 2 is 2.04 bits per heavy atom. The lowest BCUT2D eigenvalue weighted by atomic mass is 9.78. The van der Waals surface area contributed by atoms with Crippen LogP contribution in [-0.4, -0.2) is 29.3 Å². The summed E-state index contributed by atoms with van der Waals surface area (Å²) in [5.74, 6) is -3.12. The summed E-state index contributed by atoms with van der Waals surface area (Å²) in [6.45, 7) is 0. The van der Waals surface area contributed by atoms with Gasteiger partial charge in [-0.1, -0.05) is 12.1 Å². The van der Waals surface area contributed by atoms with Crippen LogP contribution in [0, 0.1) is 11.8 Å². The van der Waals surface area contributed by atoms with E-state index >= 15 is 0 Å². The Morgan fingerprint density at radius 1 is 1.24 bits per heavy atom. The van der Waals surface area contributed by atoms with Crippen molar-refractivity contribution in [2.75, 3.05) is 5.32 Å². The quantitative estimate of drug-likeness (QED) is 0.916. The van der Waals surface area contributed by atoms with Gasteiger partial charge < -0.3 is 14.5 Å². The maximum atomic E-state index is 13.3. The first kappa shape index (κ1) is 16.1. The van der Waals surface area contributed by atoms with Crippen molar-refractivity contribution in [1.29, 1.82) is 0 Å². The fraction of sp³-hybridized carbons (Fsp3) is 0.412. The summed E-state index contributed by atoms with van der Waals surface area (Å²) in [5, 5.41) is 2.59. The van der Waals surface area contributed by atoms with Gasteiger partial charge in [0.15, 0.2) is 12.2 Å².